The summed E-state index contributed by atoms with van der Waals surface area (Å²) >= 11 is 0. The van der Waals surface area contributed by atoms with Crippen LogP contribution in [0.15, 0.2) is 0 Å². The van der Waals surface area contributed by atoms with Gasteiger partial charge in [-0.1, -0.05) is 26.7 Å². The molecular formula is C14H32N2. The lowest BCUT2D eigenvalue weighted by Gasteiger charge is -2.26. The highest BCUT2D eigenvalue weighted by molar-refractivity contribution is 4.71. The first kappa shape index (κ1) is 15.9. The molecule has 0 aliphatic rings. The Balaban J connectivity index is 3.72. The number of nitrogens with zero attached hydrogens (tertiary/aromatic N) is 1. The van der Waals surface area contributed by atoms with Gasteiger partial charge in [0.25, 0.3) is 0 Å². The van der Waals surface area contributed by atoms with Gasteiger partial charge in [-0.2, -0.15) is 0 Å². The largest absolute Gasteiger partial charge is 0.311 e. The van der Waals surface area contributed by atoms with Gasteiger partial charge in [-0.25, -0.2) is 0 Å². The van der Waals surface area contributed by atoms with Gasteiger partial charge in [0.15, 0.2) is 0 Å². The zero-order valence-electron chi connectivity index (χ0n) is 12.1. The van der Waals surface area contributed by atoms with E-state index in [1.165, 1.54) is 45.3 Å². The normalized spacial score (nSPS) is 12.4. The second kappa shape index (κ2) is 9.00. The van der Waals surface area contributed by atoms with E-state index in [2.05, 4.69) is 44.8 Å². The number of hydrogen-bond acceptors (Lipinski definition) is 2. The van der Waals surface area contributed by atoms with Crippen molar-refractivity contribution in [3.05, 3.63) is 0 Å². The van der Waals surface area contributed by atoms with Crippen LogP contribution in [0.1, 0.15) is 60.3 Å². The fourth-order valence-electron chi connectivity index (χ4n) is 1.69. The molecule has 0 aromatic carbocycles. The number of rotatable bonds is 9. The van der Waals surface area contributed by atoms with Gasteiger partial charge in [0.05, 0.1) is 0 Å². The molecule has 0 fully saturated rings. The first-order valence-electron chi connectivity index (χ1n) is 6.97. The molecule has 0 saturated carbocycles. The zero-order valence-corrected chi connectivity index (χ0v) is 12.1. The van der Waals surface area contributed by atoms with E-state index in [1.54, 1.807) is 0 Å². The Kier molecular flexibility index (Phi) is 8.96. The summed E-state index contributed by atoms with van der Waals surface area (Å²) in [5.74, 6) is 0. The van der Waals surface area contributed by atoms with Crippen LogP contribution in [0.2, 0.25) is 0 Å². The van der Waals surface area contributed by atoms with E-state index in [1.807, 2.05) is 0 Å². The molecule has 0 bridgehead atoms. The molecule has 0 heterocycles. The van der Waals surface area contributed by atoms with Crippen LogP contribution in [-0.2, 0) is 0 Å². The minimum Gasteiger partial charge on any atom is -0.311 e. The molecule has 98 valence electrons. The average molecular weight is 228 g/mol. The summed E-state index contributed by atoms with van der Waals surface area (Å²) in [5, 5.41) is 3.56. The van der Waals surface area contributed by atoms with Crippen molar-refractivity contribution >= 4 is 0 Å². The smallest absolute Gasteiger partial charge is 0.0107 e. The summed E-state index contributed by atoms with van der Waals surface area (Å²) in [5.41, 5.74) is 0.251. The standard InChI is InChI=1S/C14H32N2/c1-6-8-11-16(12-9-7-2)13-10-15-14(3,4)5/h15H,6-13H2,1-5H3. The Morgan fingerprint density at radius 2 is 1.38 bits per heavy atom. The predicted octanol–water partition coefficient (Wildman–Crippen LogP) is 3.28. The molecule has 0 radical (unpaired) electrons. The Morgan fingerprint density at radius 1 is 0.875 bits per heavy atom. The van der Waals surface area contributed by atoms with Crippen molar-refractivity contribution < 1.29 is 0 Å². The maximum absolute atomic E-state index is 3.56. The second-order valence-corrected chi connectivity index (χ2v) is 5.73. The Hall–Kier alpha value is -0.0800. The molecule has 2 nitrogen and oxygen atoms in total. The number of unbranched alkanes of at least 4 members (excludes halogenated alkanes) is 2. The van der Waals surface area contributed by atoms with Crippen LogP contribution in [0.4, 0.5) is 0 Å². The SMILES string of the molecule is CCCCN(CCCC)CCNC(C)(C)C. The summed E-state index contributed by atoms with van der Waals surface area (Å²) in [7, 11) is 0. The van der Waals surface area contributed by atoms with Crippen LogP contribution in [0.25, 0.3) is 0 Å². The first-order chi connectivity index (χ1) is 7.49. The van der Waals surface area contributed by atoms with Crippen molar-refractivity contribution in [3.8, 4) is 0 Å². The van der Waals surface area contributed by atoms with Crippen LogP contribution in [-0.4, -0.2) is 36.6 Å². The van der Waals surface area contributed by atoms with Gasteiger partial charge in [-0.05, 0) is 46.7 Å². The molecule has 0 spiro atoms. The minimum atomic E-state index is 0.251. The fraction of sp³-hybridized carbons (Fsp3) is 1.00. The van der Waals surface area contributed by atoms with E-state index in [0.717, 1.165) is 6.54 Å². The maximum atomic E-state index is 3.56. The number of hydrogen-bond donors (Lipinski definition) is 1. The fourth-order valence-corrected chi connectivity index (χ4v) is 1.69. The molecule has 0 aliphatic heterocycles. The molecule has 0 rings (SSSR count). The molecule has 0 saturated heterocycles. The van der Waals surface area contributed by atoms with Crippen LogP contribution >= 0.6 is 0 Å². The topological polar surface area (TPSA) is 15.3 Å². The molecule has 0 aromatic heterocycles. The molecule has 0 amide bonds. The summed E-state index contributed by atoms with van der Waals surface area (Å²) < 4.78 is 0. The molecule has 0 aromatic rings. The second-order valence-electron chi connectivity index (χ2n) is 5.73. The highest BCUT2D eigenvalue weighted by Gasteiger charge is 2.09. The van der Waals surface area contributed by atoms with Gasteiger partial charge in [0.2, 0.25) is 0 Å². The van der Waals surface area contributed by atoms with Gasteiger partial charge in [-0.3, -0.25) is 0 Å². The quantitative estimate of drug-likeness (QED) is 0.651. The van der Waals surface area contributed by atoms with E-state index in [-0.39, 0.29) is 5.54 Å². The lowest BCUT2D eigenvalue weighted by atomic mass is 10.1. The van der Waals surface area contributed by atoms with Crippen LogP contribution in [0, 0.1) is 0 Å². The summed E-state index contributed by atoms with van der Waals surface area (Å²) in [6.07, 6.45) is 5.27. The van der Waals surface area contributed by atoms with Crippen LogP contribution < -0.4 is 5.32 Å². The van der Waals surface area contributed by atoms with E-state index in [0.29, 0.717) is 0 Å². The molecule has 16 heavy (non-hydrogen) atoms. The summed E-state index contributed by atoms with van der Waals surface area (Å²) in [6, 6.07) is 0. The van der Waals surface area contributed by atoms with E-state index in [9.17, 15) is 0 Å². The van der Waals surface area contributed by atoms with Crippen molar-refractivity contribution in [2.75, 3.05) is 26.2 Å². The van der Waals surface area contributed by atoms with E-state index < -0.39 is 0 Å². The minimum absolute atomic E-state index is 0.251. The maximum Gasteiger partial charge on any atom is 0.0107 e. The molecular weight excluding hydrogens is 196 g/mol. The Labute approximate surface area is 103 Å². The van der Waals surface area contributed by atoms with Gasteiger partial charge in [0, 0.05) is 18.6 Å². The van der Waals surface area contributed by atoms with Crippen LogP contribution in [0.3, 0.4) is 0 Å². The Bertz CT molecular complexity index is 141. The lowest BCUT2D eigenvalue weighted by Crippen LogP contribution is -2.41. The van der Waals surface area contributed by atoms with Crippen molar-refractivity contribution in [1.29, 1.82) is 0 Å². The third kappa shape index (κ3) is 10.4. The van der Waals surface area contributed by atoms with Gasteiger partial charge < -0.3 is 10.2 Å². The Morgan fingerprint density at radius 3 is 1.75 bits per heavy atom. The molecule has 0 atom stereocenters. The molecule has 2 heteroatoms. The third-order valence-corrected chi connectivity index (χ3v) is 2.74. The molecule has 0 unspecified atom stereocenters. The average Bonchev–Trinajstić information content (AvgIpc) is 2.19. The summed E-state index contributed by atoms with van der Waals surface area (Å²) in [6.45, 7) is 16.1. The van der Waals surface area contributed by atoms with Crippen molar-refractivity contribution in [1.82, 2.24) is 10.2 Å². The number of nitrogens with one attached hydrogen (secondary N) is 1. The van der Waals surface area contributed by atoms with Crippen LogP contribution in [0.5, 0.6) is 0 Å². The summed E-state index contributed by atoms with van der Waals surface area (Å²) in [4.78, 5) is 2.60. The highest BCUT2D eigenvalue weighted by Crippen LogP contribution is 2.01. The van der Waals surface area contributed by atoms with Gasteiger partial charge in [-0.15, -0.1) is 0 Å². The predicted molar refractivity (Wildman–Crippen MR) is 74.0 cm³/mol. The van der Waals surface area contributed by atoms with Crippen molar-refractivity contribution in [3.63, 3.8) is 0 Å². The molecule has 0 aliphatic carbocycles. The van der Waals surface area contributed by atoms with Gasteiger partial charge in [0.1, 0.15) is 0 Å². The zero-order chi connectivity index (χ0) is 12.4. The third-order valence-electron chi connectivity index (χ3n) is 2.74. The molecule has 1 N–H and O–H groups in total. The van der Waals surface area contributed by atoms with Crippen molar-refractivity contribution in [2.24, 2.45) is 0 Å². The monoisotopic (exact) mass is 228 g/mol. The lowest BCUT2D eigenvalue weighted by molar-refractivity contribution is 0.254. The highest BCUT2D eigenvalue weighted by atomic mass is 15.1. The van der Waals surface area contributed by atoms with Gasteiger partial charge >= 0.3 is 0 Å². The first-order valence-corrected chi connectivity index (χ1v) is 6.97. The van der Waals surface area contributed by atoms with E-state index in [4.69, 9.17) is 0 Å². The van der Waals surface area contributed by atoms with Crippen molar-refractivity contribution in [2.45, 2.75) is 65.8 Å². The van der Waals surface area contributed by atoms with E-state index >= 15 is 0 Å².